The highest BCUT2D eigenvalue weighted by molar-refractivity contribution is 6.04. The number of ether oxygens (including phenoxy) is 1. The number of hydrogen-bond donors (Lipinski definition) is 0. The number of fused-ring (bicyclic) bond motifs is 2. The van der Waals surface area contributed by atoms with Gasteiger partial charge in [0.25, 0.3) is 0 Å². The van der Waals surface area contributed by atoms with Crippen LogP contribution < -0.4 is 4.74 Å². The topological polar surface area (TPSA) is 47.9 Å². The zero-order chi connectivity index (χ0) is 34.6. The first kappa shape index (κ1) is 23.0. The van der Waals surface area contributed by atoms with Gasteiger partial charge in [0.2, 0.25) is 0 Å². The Hall–Kier alpha value is -6.39. The second kappa shape index (κ2) is 11.2. The van der Waals surface area contributed by atoms with Gasteiger partial charge >= 0.3 is 0 Å². The Morgan fingerprint density at radius 3 is 1.72 bits per heavy atom. The van der Waals surface area contributed by atoms with E-state index in [2.05, 4.69) is 0 Å². The van der Waals surface area contributed by atoms with E-state index in [-0.39, 0.29) is 41.1 Å². The lowest BCUT2D eigenvalue weighted by Gasteiger charge is -2.22. The van der Waals surface area contributed by atoms with Gasteiger partial charge in [-0.1, -0.05) is 139 Å². The highest BCUT2D eigenvalue weighted by atomic mass is 16.5. The molecule has 220 valence electrons. The zero-order valence-corrected chi connectivity index (χ0v) is 25.0. The quantitative estimate of drug-likeness (QED) is 0.196. The van der Waals surface area contributed by atoms with Gasteiger partial charge in [-0.15, -0.1) is 0 Å². The molecule has 0 atom stereocenters. The Balaban J connectivity index is 1.20. The van der Waals surface area contributed by atoms with E-state index in [1.54, 1.807) is 6.07 Å². The third-order valence-electron chi connectivity index (χ3n) is 8.39. The van der Waals surface area contributed by atoms with E-state index in [9.17, 15) is 5.48 Å². The highest BCUT2D eigenvalue weighted by Crippen LogP contribution is 2.47. The summed E-state index contributed by atoms with van der Waals surface area (Å²) in [5.41, 5.74) is 6.06. The lowest BCUT2D eigenvalue weighted by molar-refractivity contribution is 0.487. The van der Waals surface area contributed by atoms with Gasteiger partial charge in [-0.05, 0) is 57.5 Å². The van der Waals surface area contributed by atoms with Gasteiger partial charge in [0, 0.05) is 27.6 Å². The van der Waals surface area contributed by atoms with Crippen LogP contribution in [0.25, 0.3) is 78.3 Å². The van der Waals surface area contributed by atoms with Crippen molar-refractivity contribution in [2.45, 2.75) is 0 Å². The lowest BCUT2D eigenvalue weighted by atomic mass is 9.92. The van der Waals surface area contributed by atoms with Crippen LogP contribution in [0, 0.1) is 0 Å². The van der Waals surface area contributed by atoms with E-state index in [4.69, 9.17) is 19.7 Å². The fourth-order valence-electron chi connectivity index (χ4n) is 6.09. The Bertz CT molecular complexity index is 2630. The average Bonchev–Trinajstić information content (AvgIpc) is 3.18. The Labute approximate surface area is 278 Å². The van der Waals surface area contributed by atoms with Gasteiger partial charge in [0.05, 0.1) is 5.48 Å². The molecule has 8 aromatic rings. The molecule has 1 aliphatic rings. The minimum Gasteiger partial charge on any atom is -0.456 e. The summed E-state index contributed by atoms with van der Waals surface area (Å²) in [6.07, 6.45) is 0. The molecule has 4 heteroatoms. The van der Waals surface area contributed by atoms with Gasteiger partial charge in [0.15, 0.2) is 17.5 Å². The molecule has 0 aliphatic carbocycles. The molecule has 0 fully saturated rings. The molecule has 0 spiro atoms. The Morgan fingerprint density at radius 1 is 0.383 bits per heavy atom. The second-order valence-corrected chi connectivity index (χ2v) is 11.3. The summed E-state index contributed by atoms with van der Waals surface area (Å²) in [6.45, 7) is 0. The molecule has 1 aromatic heterocycles. The molecule has 9 rings (SSSR count). The standard InChI is InChI=1S/C43H27N3O/c1-3-10-28(11-4-1)33-16-7-17-35(26-33)43-45-41(31-12-5-2-6-13-31)44-42(46-43)32-22-20-29(21-23-32)34-24-25-38-37(27-34)36-18-8-14-30-15-9-19-39(47-38)40(30)36/h1-27H/i20D,21D,22D,23D. The minimum absolute atomic E-state index is 0.00813. The van der Waals surface area contributed by atoms with Gasteiger partial charge in [0.1, 0.15) is 11.5 Å². The normalized spacial score (nSPS) is 12.8. The molecule has 0 N–H and O–H groups in total. The zero-order valence-electron chi connectivity index (χ0n) is 29.0. The molecule has 0 saturated carbocycles. The Morgan fingerprint density at radius 2 is 0.957 bits per heavy atom. The largest absolute Gasteiger partial charge is 0.456 e. The van der Waals surface area contributed by atoms with Gasteiger partial charge in [-0.25, -0.2) is 15.0 Å². The molecule has 1 aliphatic heterocycles. The van der Waals surface area contributed by atoms with Crippen LogP contribution in [0.2, 0.25) is 0 Å². The minimum atomic E-state index is -0.235. The summed E-state index contributed by atoms with van der Waals surface area (Å²) in [5, 5.41) is 2.04. The first-order valence-corrected chi connectivity index (χ1v) is 15.4. The molecule has 0 bridgehead atoms. The van der Waals surface area contributed by atoms with Gasteiger partial charge < -0.3 is 4.74 Å². The van der Waals surface area contributed by atoms with Crippen LogP contribution >= 0.6 is 0 Å². The lowest BCUT2D eigenvalue weighted by Crippen LogP contribution is -2.00. The summed E-state index contributed by atoms with van der Waals surface area (Å²) < 4.78 is 43.1. The monoisotopic (exact) mass is 605 g/mol. The maximum atomic E-state index is 9.22. The van der Waals surface area contributed by atoms with Crippen LogP contribution in [0.1, 0.15) is 5.48 Å². The molecule has 0 unspecified atom stereocenters. The third kappa shape index (κ3) is 4.93. The van der Waals surface area contributed by atoms with Crippen molar-refractivity contribution < 1.29 is 10.2 Å². The fraction of sp³-hybridized carbons (Fsp3) is 0. The number of hydrogen-bond acceptors (Lipinski definition) is 4. The first-order valence-electron chi connectivity index (χ1n) is 17.4. The van der Waals surface area contributed by atoms with Crippen molar-refractivity contribution >= 4 is 10.8 Å². The predicted octanol–water partition coefficient (Wildman–Crippen LogP) is 11.1. The summed E-state index contributed by atoms with van der Waals surface area (Å²) in [5.74, 6) is 2.23. The molecular weight excluding hydrogens is 574 g/mol. The number of rotatable bonds is 5. The van der Waals surface area contributed by atoms with Crippen LogP contribution in [0.15, 0.2) is 164 Å². The molecule has 0 amide bonds. The molecule has 47 heavy (non-hydrogen) atoms. The number of nitrogens with zero attached hydrogens (tertiary/aromatic N) is 3. The maximum absolute atomic E-state index is 9.22. The van der Waals surface area contributed by atoms with Crippen LogP contribution in [0.3, 0.4) is 0 Å². The second-order valence-electron chi connectivity index (χ2n) is 11.3. The van der Waals surface area contributed by atoms with Crippen LogP contribution in [0.5, 0.6) is 11.5 Å². The highest BCUT2D eigenvalue weighted by Gasteiger charge is 2.20. The average molecular weight is 606 g/mol. The molecule has 2 heterocycles. The van der Waals surface area contributed by atoms with Crippen molar-refractivity contribution in [1.82, 2.24) is 15.0 Å². The van der Waals surface area contributed by atoms with Crippen LogP contribution in [0.4, 0.5) is 0 Å². The fourth-order valence-corrected chi connectivity index (χ4v) is 6.09. The molecule has 7 aromatic carbocycles. The first-order chi connectivity index (χ1) is 24.9. The van der Waals surface area contributed by atoms with Crippen molar-refractivity contribution in [2.24, 2.45) is 0 Å². The molecule has 0 saturated heterocycles. The van der Waals surface area contributed by atoms with Crippen molar-refractivity contribution in [1.29, 1.82) is 0 Å². The van der Waals surface area contributed by atoms with Crippen molar-refractivity contribution in [3.63, 3.8) is 0 Å². The molecule has 4 nitrogen and oxygen atoms in total. The summed E-state index contributed by atoms with van der Waals surface area (Å²) in [7, 11) is 0. The molecule has 0 radical (unpaired) electrons. The van der Waals surface area contributed by atoms with E-state index in [0.29, 0.717) is 23.0 Å². The maximum Gasteiger partial charge on any atom is 0.164 e. The summed E-state index contributed by atoms with van der Waals surface area (Å²) in [4.78, 5) is 14.4. The van der Waals surface area contributed by atoms with Crippen molar-refractivity contribution in [3.05, 3.63) is 164 Å². The van der Waals surface area contributed by atoms with Gasteiger partial charge in [-0.2, -0.15) is 0 Å². The molecular formula is C43H27N3O. The number of aromatic nitrogens is 3. The van der Waals surface area contributed by atoms with E-state index in [1.165, 1.54) is 0 Å². The van der Waals surface area contributed by atoms with Crippen LogP contribution in [-0.2, 0) is 0 Å². The van der Waals surface area contributed by atoms with Crippen LogP contribution in [-0.4, -0.2) is 15.0 Å². The van der Waals surface area contributed by atoms with E-state index in [0.717, 1.165) is 49.9 Å². The smallest absolute Gasteiger partial charge is 0.164 e. The summed E-state index contributed by atoms with van der Waals surface area (Å²) in [6, 6.07) is 44.0. The summed E-state index contributed by atoms with van der Waals surface area (Å²) >= 11 is 0. The Kier molecular flexibility index (Phi) is 5.49. The third-order valence-corrected chi connectivity index (χ3v) is 8.39. The van der Waals surface area contributed by atoms with Crippen molar-refractivity contribution in [3.8, 4) is 79.0 Å². The predicted molar refractivity (Wildman–Crippen MR) is 190 cm³/mol. The SMILES string of the molecule is [2H]c1c([2H])c(-c2nc(-c3ccccc3)nc(-c3cccc(-c4ccccc4)c3)n2)c([2H])c([2H])c1-c1ccc2c(c1)-c1cccc3cccc(c13)O2. The van der Waals surface area contributed by atoms with E-state index in [1.807, 2.05) is 133 Å². The van der Waals surface area contributed by atoms with E-state index >= 15 is 0 Å². The number of benzene rings is 7. The van der Waals surface area contributed by atoms with Gasteiger partial charge in [-0.3, -0.25) is 0 Å². The van der Waals surface area contributed by atoms with Crippen molar-refractivity contribution in [2.75, 3.05) is 0 Å². The van der Waals surface area contributed by atoms with E-state index < -0.39 is 0 Å².